The first-order valence-corrected chi connectivity index (χ1v) is 8.58. The monoisotopic (exact) mass is 350 g/mol. The Balaban J connectivity index is 1.86. The molecule has 0 aromatic heterocycles. The number of hydrogen-bond donors (Lipinski definition) is 0. The molecule has 25 heavy (non-hydrogen) atoms. The summed E-state index contributed by atoms with van der Waals surface area (Å²) in [5.74, 6) is -1.73. The maximum absolute atomic E-state index is 13.8. The van der Waals surface area contributed by atoms with Gasteiger partial charge in [-0.3, -0.25) is 9.59 Å². The third-order valence-electron chi connectivity index (χ3n) is 4.70. The molecule has 1 aliphatic rings. The molecule has 6 heteroatoms. The van der Waals surface area contributed by atoms with Gasteiger partial charge in [-0.25, -0.2) is 8.78 Å². The highest BCUT2D eigenvalue weighted by molar-refractivity contribution is 5.90. The number of rotatable bonds is 6. The topological polar surface area (TPSA) is 40.6 Å². The average molecular weight is 350 g/mol. The van der Waals surface area contributed by atoms with E-state index in [4.69, 9.17) is 0 Å². The number of hydrogen-bond acceptors (Lipinski definition) is 2. The molecule has 1 fully saturated rings. The number of likely N-dealkylation sites (N-methyl/N-ethyl adjacent to an activating group) is 1. The van der Waals surface area contributed by atoms with E-state index in [2.05, 4.69) is 6.58 Å². The van der Waals surface area contributed by atoms with Crippen molar-refractivity contribution in [3.05, 3.63) is 48.1 Å². The largest absolute Gasteiger partial charge is 0.341 e. The number of carbonyl (C=O) groups is 2. The third kappa shape index (κ3) is 4.87. The Morgan fingerprint density at radius 2 is 2.00 bits per heavy atom. The summed E-state index contributed by atoms with van der Waals surface area (Å²) in [5, 5.41) is 0. The zero-order valence-corrected chi connectivity index (χ0v) is 14.5. The molecule has 1 aromatic carbocycles. The predicted molar refractivity (Wildman–Crippen MR) is 91.8 cm³/mol. The third-order valence-corrected chi connectivity index (χ3v) is 4.70. The molecule has 1 aliphatic heterocycles. The van der Waals surface area contributed by atoms with Crippen LogP contribution in [0.2, 0.25) is 0 Å². The van der Waals surface area contributed by atoms with Crippen LogP contribution in [-0.4, -0.2) is 47.8 Å². The fraction of sp³-hybridized carbons (Fsp3) is 0.474. The Labute approximate surface area is 147 Å². The van der Waals surface area contributed by atoms with Crippen LogP contribution >= 0.6 is 0 Å². The molecule has 2 rings (SSSR count). The second kappa shape index (κ2) is 8.74. The van der Waals surface area contributed by atoms with Crippen LogP contribution in [0.15, 0.2) is 30.9 Å². The summed E-state index contributed by atoms with van der Waals surface area (Å²) >= 11 is 0. The van der Waals surface area contributed by atoms with E-state index in [1.54, 1.807) is 11.0 Å². The van der Waals surface area contributed by atoms with Gasteiger partial charge in [0.1, 0.15) is 0 Å². The molecule has 0 saturated carbocycles. The molecule has 0 spiro atoms. The first-order valence-electron chi connectivity index (χ1n) is 8.58. The normalized spacial score (nSPS) is 15.1. The highest BCUT2D eigenvalue weighted by Gasteiger charge is 2.25. The minimum Gasteiger partial charge on any atom is -0.341 e. The van der Waals surface area contributed by atoms with Crippen molar-refractivity contribution in [3.63, 3.8) is 0 Å². The Hall–Kier alpha value is -2.24. The van der Waals surface area contributed by atoms with E-state index in [1.807, 2.05) is 6.92 Å². The van der Waals surface area contributed by atoms with Crippen LogP contribution < -0.4 is 0 Å². The average Bonchev–Trinajstić information content (AvgIpc) is 2.63. The quantitative estimate of drug-likeness (QED) is 0.740. The number of nitrogens with zero attached hydrogens (tertiary/aromatic N) is 2. The van der Waals surface area contributed by atoms with E-state index < -0.39 is 11.6 Å². The van der Waals surface area contributed by atoms with E-state index in [9.17, 15) is 18.4 Å². The van der Waals surface area contributed by atoms with Gasteiger partial charge in [-0.15, -0.1) is 0 Å². The van der Waals surface area contributed by atoms with E-state index in [1.165, 1.54) is 17.0 Å². The molecule has 136 valence electrons. The van der Waals surface area contributed by atoms with Gasteiger partial charge in [0.2, 0.25) is 11.8 Å². The van der Waals surface area contributed by atoms with E-state index >= 15 is 0 Å². The maximum Gasteiger partial charge on any atom is 0.246 e. The van der Waals surface area contributed by atoms with Crippen molar-refractivity contribution < 1.29 is 18.4 Å². The number of benzene rings is 1. The minimum atomic E-state index is -0.823. The van der Waals surface area contributed by atoms with Crippen molar-refractivity contribution in [2.75, 3.05) is 26.2 Å². The van der Waals surface area contributed by atoms with Crippen LogP contribution in [0.1, 0.15) is 25.3 Å². The lowest BCUT2D eigenvalue weighted by Crippen LogP contribution is -2.45. The molecule has 4 nitrogen and oxygen atoms in total. The molecular weight excluding hydrogens is 326 g/mol. The first-order chi connectivity index (χ1) is 12.0. The molecule has 0 N–H and O–H groups in total. The lowest BCUT2D eigenvalue weighted by atomic mass is 9.90. The zero-order valence-electron chi connectivity index (χ0n) is 14.5. The number of piperidine rings is 1. The number of carbonyl (C=O) groups excluding carboxylic acids is 2. The van der Waals surface area contributed by atoms with Crippen molar-refractivity contribution in [2.24, 2.45) is 5.92 Å². The van der Waals surface area contributed by atoms with Crippen molar-refractivity contribution >= 4 is 11.8 Å². The predicted octanol–water partition coefficient (Wildman–Crippen LogP) is 2.78. The molecule has 0 aliphatic carbocycles. The van der Waals surface area contributed by atoms with Crippen LogP contribution in [0.3, 0.4) is 0 Å². The molecule has 0 unspecified atom stereocenters. The molecule has 0 atom stereocenters. The Kier molecular flexibility index (Phi) is 6.67. The van der Waals surface area contributed by atoms with Crippen LogP contribution in [0, 0.1) is 17.6 Å². The van der Waals surface area contributed by atoms with Gasteiger partial charge in [-0.1, -0.05) is 18.7 Å². The van der Waals surface area contributed by atoms with E-state index in [0.29, 0.717) is 31.6 Å². The van der Waals surface area contributed by atoms with Crippen LogP contribution in [0.5, 0.6) is 0 Å². The molecule has 1 heterocycles. The second-order valence-corrected chi connectivity index (χ2v) is 6.30. The SMILES string of the molecule is C=CC(=O)N(CC)CC(=O)N1CCC(Cc2cccc(F)c2F)CC1. The molecule has 0 bridgehead atoms. The Morgan fingerprint density at radius 1 is 1.32 bits per heavy atom. The summed E-state index contributed by atoms with van der Waals surface area (Å²) in [6.07, 6.45) is 3.16. The first kappa shape index (κ1) is 19.1. The van der Waals surface area contributed by atoms with Crippen molar-refractivity contribution in [1.82, 2.24) is 9.80 Å². The van der Waals surface area contributed by atoms with E-state index in [-0.39, 0.29) is 24.3 Å². The van der Waals surface area contributed by atoms with Crippen LogP contribution in [-0.2, 0) is 16.0 Å². The number of amides is 2. The highest BCUT2D eigenvalue weighted by atomic mass is 19.2. The summed E-state index contributed by atoms with van der Waals surface area (Å²) in [4.78, 5) is 27.2. The van der Waals surface area contributed by atoms with Crippen LogP contribution in [0.25, 0.3) is 0 Å². The van der Waals surface area contributed by atoms with Gasteiger partial charge in [-0.05, 0) is 49.8 Å². The van der Waals surface area contributed by atoms with Gasteiger partial charge in [0.25, 0.3) is 0 Å². The molecular formula is C19H24F2N2O2. The second-order valence-electron chi connectivity index (χ2n) is 6.30. The lowest BCUT2D eigenvalue weighted by Gasteiger charge is -2.33. The molecule has 2 amide bonds. The summed E-state index contributed by atoms with van der Waals surface area (Å²) < 4.78 is 27.1. The maximum atomic E-state index is 13.8. The van der Waals surface area contributed by atoms with Crippen molar-refractivity contribution in [3.8, 4) is 0 Å². The summed E-state index contributed by atoms with van der Waals surface area (Å²) in [7, 11) is 0. The summed E-state index contributed by atoms with van der Waals surface area (Å²) in [6.45, 7) is 6.89. The molecule has 1 aromatic rings. The van der Waals surface area contributed by atoms with Gasteiger partial charge < -0.3 is 9.80 Å². The molecule has 0 radical (unpaired) electrons. The van der Waals surface area contributed by atoms with Gasteiger partial charge in [0.15, 0.2) is 11.6 Å². The number of halogens is 2. The summed E-state index contributed by atoms with van der Waals surface area (Å²) in [5.41, 5.74) is 0.388. The van der Waals surface area contributed by atoms with Gasteiger partial charge in [0.05, 0.1) is 6.54 Å². The van der Waals surface area contributed by atoms with Gasteiger partial charge in [-0.2, -0.15) is 0 Å². The minimum absolute atomic E-state index is 0.0462. The fourth-order valence-electron chi connectivity index (χ4n) is 3.14. The standard InChI is InChI=1S/C19H24F2N2O2/c1-3-17(24)22(4-2)13-18(25)23-10-8-14(9-11-23)12-15-6-5-7-16(20)19(15)21/h3,5-7,14H,1,4,8-13H2,2H3. The smallest absolute Gasteiger partial charge is 0.246 e. The van der Waals surface area contributed by atoms with Crippen molar-refractivity contribution in [2.45, 2.75) is 26.2 Å². The fourth-order valence-corrected chi connectivity index (χ4v) is 3.14. The Morgan fingerprint density at radius 3 is 2.60 bits per heavy atom. The highest BCUT2D eigenvalue weighted by Crippen LogP contribution is 2.24. The summed E-state index contributed by atoms with van der Waals surface area (Å²) in [6, 6.07) is 4.24. The Bertz CT molecular complexity index is 640. The van der Waals surface area contributed by atoms with Gasteiger partial charge >= 0.3 is 0 Å². The van der Waals surface area contributed by atoms with Gasteiger partial charge in [0, 0.05) is 19.6 Å². The number of likely N-dealkylation sites (tertiary alicyclic amines) is 1. The van der Waals surface area contributed by atoms with E-state index in [0.717, 1.165) is 18.9 Å². The zero-order chi connectivity index (χ0) is 18.4. The van der Waals surface area contributed by atoms with Crippen molar-refractivity contribution in [1.29, 1.82) is 0 Å². The van der Waals surface area contributed by atoms with Crippen LogP contribution in [0.4, 0.5) is 8.78 Å². The lowest BCUT2D eigenvalue weighted by molar-refractivity contribution is -0.139. The molecule has 1 saturated heterocycles.